The Kier molecular flexibility index (Phi) is 3.73. The molecule has 3 aliphatic carbocycles. The molecule has 22 heavy (non-hydrogen) atoms. The summed E-state index contributed by atoms with van der Waals surface area (Å²) >= 11 is 0. The Labute approximate surface area is 133 Å². The number of Topliss-reactive ketones (excluding diaryl/α,β-unsaturated/α-hetero) is 1. The molecule has 1 N–H and O–H groups in total. The molecule has 3 nitrogen and oxygen atoms in total. The van der Waals surface area contributed by atoms with Crippen molar-refractivity contribution in [3.63, 3.8) is 0 Å². The summed E-state index contributed by atoms with van der Waals surface area (Å²) in [5.74, 6) is 0.400. The summed E-state index contributed by atoms with van der Waals surface area (Å²) in [7, 11) is 0. The summed E-state index contributed by atoms with van der Waals surface area (Å²) < 4.78 is 0. The predicted octanol–water partition coefficient (Wildman–Crippen LogP) is 3.78. The van der Waals surface area contributed by atoms with Crippen molar-refractivity contribution in [3.8, 4) is 0 Å². The SMILES string of the molecule is CC12CCC(C(=O)NCCC3=CCCCC3)(CC1=O)C2(C)C. The van der Waals surface area contributed by atoms with E-state index in [1.807, 2.05) is 0 Å². The van der Waals surface area contributed by atoms with Crippen LogP contribution in [0, 0.1) is 16.2 Å². The highest BCUT2D eigenvalue weighted by atomic mass is 16.2. The second-order valence-electron chi connectivity index (χ2n) is 8.25. The molecular weight excluding hydrogens is 274 g/mol. The number of nitrogens with one attached hydrogen (secondary N) is 1. The van der Waals surface area contributed by atoms with Gasteiger partial charge in [-0.05, 0) is 50.4 Å². The number of carbonyl (C=O) groups is 2. The number of rotatable bonds is 4. The lowest BCUT2D eigenvalue weighted by molar-refractivity contribution is -0.136. The minimum atomic E-state index is -0.472. The van der Waals surface area contributed by atoms with Gasteiger partial charge in [0.1, 0.15) is 5.78 Å². The quantitative estimate of drug-likeness (QED) is 0.803. The van der Waals surface area contributed by atoms with Crippen LogP contribution in [0.25, 0.3) is 0 Å². The first-order valence-corrected chi connectivity index (χ1v) is 8.83. The minimum absolute atomic E-state index is 0.114. The standard InChI is InChI=1S/C19H29NO2/c1-17(2)18(3)10-11-19(17,13-15(18)21)16(22)20-12-9-14-7-5-4-6-8-14/h7H,4-6,8-13H2,1-3H3,(H,20,22). The van der Waals surface area contributed by atoms with Crippen molar-refractivity contribution in [3.05, 3.63) is 11.6 Å². The van der Waals surface area contributed by atoms with Crippen LogP contribution in [-0.2, 0) is 9.59 Å². The molecule has 1 amide bonds. The van der Waals surface area contributed by atoms with E-state index in [0.717, 1.165) is 19.3 Å². The summed E-state index contributed by atoms with van der Waals surface area (Å²) in [4.78, 5) is 25.3. The maximum atomic E-state index is 12.9. The molecule has 0 heterocycles. The Morgan fingerprint density at radius 1 is 1.23 bits per heavy atom. The van der Waals surface area contributed by atoms with Crippen molar-refractivity contribution in [2.45, 2.75) is 72.1 Å². The van der Waals surface area contributed by atoms with Crippen molar-refractivity contribution >= 4 is 11.7 Å². The summed E-state index contributed by atoms with van der Waals surface area (Å²) in [6, 6.07) is 0. The van der Waals surface area contributed by atoms with Gasteiger partial charge in [-0.25, -0.2) is 0 Å². The average Bonchev–Trinajstić information content (AvgIpc) is 2.78. The van der Waals surface area contributed by atoms with Crippen LogP contribution in [0.3, 0.4) is 0 Å². The van der Waals surface area contributed by atoms with Gasteiger partial charge in [0.2, 0.25) is 5.91 Å². The molecule has 0 aromatic heterocycles. The third kappa shape index (κ3) is 2.00. The molecule has 3 heteroatoms. The Bertz CT molecular complexity index is 534. The topological polar surface area (TPSA) is 46.2 Å². The molecule has 2 atom stereocenters. The first kappa shape index (κ1) is 15.8. The van der Waals surface area contributed by atoms with Gasteiger partial charge in [0.05, 0.1) is 5.41 Å². The van der Waals surface area contributed by atoms with E-state index in [1.54, 1.807) is 0 Å². The zero-order chi connectivity index (χ0) is 16.0. The molecule has 2 unspecified atom stereocenters. The number of carbonyl (C=O) groups excluding carboxylic acids is 2. The minimum Gasteiger partial charge on any atom is -0.355 e. The van der Waals surface area contributed by atoms with E-state index in [-0.39, 0.29) is 22.5 Å². The van der Waals surface area contributed by atoms with Crippen LogP contribution < -0.4 is 5.32 Å². The second-order valence-corrected chi connectivity index (χ2v) is 8.25. The zero-order valence-corrected chi connectivity index (χ0v) is 14.3. The lowest BCUT2D eigenvalue weighted by atomic mass is 9.64. The highest BCUT2D eigenvalue weighted by Gasteiger charge is 2.72. The second kappa shape index (κ2) is 5.21. The van der Waals surface area contributed by atoms with Crippen molar-refractivity contribution in [1.82, 2.24) is 5.32 Å². The van der Waals surface area contributed by atoms with E-state index < -0.39 is 5.41 Å². The highest BCUT2D eigenvalue weighted by Crippen LogP contribution is 2.70. The maximum Gasteiger partial charge on any atom is 0.227 e. The van der Waals surface area contributed by atoms with Gasteiger partial charge in [0.15, 0.2) is 0 Å². The largest absolute Gasteiger partial charge is 0.355 e. The van der Waals surface area contributed by atoms with E-state index in [0.29, 0.717) is 13.0 Å². The fourth-order valence-electron chi connectivity index (χ4n) is 5.00. The van der Waals surface area contributed by atoms with Crippen molar-refractivity contribution in [2.75, 3.05) is 6.54 Å². The number of hydrogen-bond acceptors (Lipinski definition) is 2. The molecule has 2 fully saturated rings. The fraction of sp³-hybridized carbons (Fsp3) is 0.789. The number of ketones is 1. The summed E-state index contributed by atoms with van der Waals surface area (Å²) in [6.07, 6.45) is 10.4. The molecule has 3 aliphatic rings. The lowest BCUT2D eigenvalue weighted by Crippen LogP contribution is -2.47. The lowest BCUT2D eigenvalue weighted by Gasteiger charge is -2.38. The molecule has 0 aromatic carbocycles. The van der Waals surface area contributed by atoms with Crippen molar-refractivity contribution in [2.24, 2.45) is 16.2 Å². The van der Waals surface area contributed by atoms with Crippen LogP contribution in [0.1, 0.15) is 72.1 Å². The Morgan fingerprint density at radius 2 is 2.00 bits per heavy atom. The first-order valence-electron chi connectivity index (χ1n) is 8.83. The first-order chi connectivity index (χ1) is 10.3. The van der Waals surface area contributed by atoms with Crippen LogP contribution >= 0.6 is 0 Å². The van der Waals surface area contributed by atoms with Crippen LogP contribution in [0.15, 0.2) is 11.6 Å². The highest BCUT2D eigenvalue weighted by molar-refractivity contribution is 5.99. The van der Waals surface area contributed by atoms with Crippen molar-refractivity contribution < 1.29 is 9.59 Å². The molecule has 0 aromatic rings. The summed E-state index contributed by atoms with van der Waals surface area (Å²) in [5.41, 5.74) is 0.475. The molecule has 0 saturated heterocycles. The van der Waals surface area contributed by atoms with Gasteiger partial charge in [-0.1, -0.05) is 32.4 Å². The Morgan fingerprint density at radius 3 is 2.55 bits per heavy atom. The molecule has 0 aliphatic heterocycles. The third-order valence-corrected chi connectivity index (χ3v) is 7.26. The van der Waals surface area contributed by atoms with Gasteiger partial charge in [-0.2, -0.15) is 0 Å². The Hall–Kier alpha value is -1.12. The van der Waals surface area contributed by atoms with Gasteiger partial charge < -0.3 is 5.32 Å². The van der Waals surface area contributed by atoms with Gasteiger partial charge in [-0.15, -0.1) is 0 Å². The van der Waals surface area contributed by atoms with Gasteiger partial charge in [0, 0.05) is 18.4 Å². The van der Waals surface area contributed by atoms with Gasteiger partial charge >= 0.3 is 0 Å². The van der Waals surface area contributed by atoms with Crippen LogP contribution in [0.2, 0.25) is 0 Å². The third-order valence-electron chi connectivity index (χ3n) is 7.26. The van der Waals surface area contributed by atoms with Gasteiger partial charge in [-0.3, -0.25) is 9.59 Å². The van der Waals surface area contributed by atoms with E-state index in [1.165, 1.54) is 31.3 Å². The van der Waals surface area contributed by atoms with Crippen molar-refractivity contribution in [1.29, 1.82) is 0 Å². The van der Waals surface area contributed by atoms with E-state index in [9.17, 15) is 9.59 Å². The summed E-state index contributed by atoms with van der Waals surface area (Å²) in [6.45, 7) is 7.01. The van der Waals surface area contributed by atoms with E-state index in [4.69, 9.17) is 0 Å². The number of allylic oxidation sites excluding steroid dienone is 1. The monoisotopic (exact) mass is 303 g/mol. The maximum absolute atomic E-state index is 12.9. The van der Waals surface area contributed by atoms with Crippen LogP contribution in [0.4, 0.5) is 0 Å². The average molecular weight is 303 g/mol. The van der Waals surface area contributed by atoms with Gasteiger partial charge in [0.25, 0.3) is 0 Å². The Balaban J connectivity index is 1.65. The molecule has 122 valence electrons. The summed E-state index contributed by atoms with van der Waals surface area (Å²) in [5, 5.41) is 3.15. The molecule has 2 bridgehead atoms. The molecule has 2 saturated carbocycles. The molecule has 0 spiro atoms. The van der Waals surface area contributed by atoms with E-state index >= 15 is 0 Å². The molecular formula is C19H29NO2. The predicted molar refractivity (Wildman–Crippen MR) is 87.4 cm³/mol. The number of amides is 1. The van der Waals surface area contributed by atoms with Crippen LogP contribution in [0.5, 0.6) is 0 Å². The number of fused-ring (bicyclic) bond motifs is 2. The zero-order valence-electron chi connectivity index (χ0n) is 14.3. The molecule has 3 rings (SSSR count). The van der Waals surface area contributed by atoms with E-state index in [2.05, 4.69) is 32.2 Å². The van der Waals surface area contributed by atoms with Crippen LogP contribution in [-0.4, -0.2) is 18.2 Å². The number of hydrogen-bond donors (Lipinski definition) is 1. The smallest absolute Gasteiger partial charge is 0.227 e. The fourth-order valence-corrected chi connectivity index (χ4v) is 5.00. The molecule has 0 radical (unpaired) electrons. The normalized spacial score (nSPS) is 36.3.